The third-order valence-corrected chi connectivity index (χ3v) is 8.02. The van der Waals surface area contributed by atoms with Gasteiger partial charge in [0.25, 0.3) is 5.91 Å². The van der Waals surface area contributed by atoms with Gasteiger partial charge in [-0.05, 0) is 36.8 Å². The first kappa shape index (κ1) is 22.9. The van der Waals surface area contributed by atoms with Gasteiger partial charge in [-0.2, -0.15) is 0 Å². The molecule has 2 heterocycles. The standard InChI is InChI=1S/C24H23N3O4S2/c1-16(17-11-13-19(14-12-17)33(29,30)27(2)3)25-23(28)22-21(18-8-5-4-6-9-18)26-24(32-22)20-10-7-15-31-20/h4-16H,1-3H3,(H,25,28). The number of amides is 1. The zero-order valence-corrected chi connectivity index (χ0v) is 20.0. The molecule has 170 valence electrons. The summed E-state index contributed by atoms with van der Waals surface area (Å²) in [5.41, 5.74) is 2.21. The normalized spacial score (nSPS) is 12.6. The van der Waals surface area contributed by atoms with Crippen LogP contribution in [0.4, 0.5) is 0 Å². The predicted molar refractivity (Wildman–Crippen MR) is 128 cm³/mol. The average molecular weight is 482 g/mol. The zero-order chi connectivity index (χ0) is 23.6. The number of carbonyl (C=O) groups is 1. The molecule has 0 radical (unpaired) electrons. The fourth-order valence-corrected chi connectivity index (χ4v) is 5.12. The molecule has 4 aromatic rings. The van der Waals surface area contributed by atoms with E-state index in [-0.39, 0.29) is 16.8 Å². The summed E-state index contributed by atoms with van der Waals surface area (Å²) in [4.78, 5) is 18.6. The minimum Gasteiger partial charge on any atom is -0.462 e. The molecule has 0 aliphatic carbocycles. The van der Waals surface area contributed by atoms with Crippen molar-refractivity contribution in [2.45, 2.75) is 17.9 Å². The Balaban J connectivity index is 1.60. The summed E-state index contributed by atoms with van der Waals surface area (Å²) in [6, 6.07) is 19.3. The van der Waals surface area contributed by atoms with Gasteiger partial charge in [0.05, 0.1) is 22.9 Å². The molecule has 1 amide bonds. The van der Waals surface area contributed by atoms with Gasteiger partial charge in [-0.15, -0.1) is 11.3 Å². The third-order valence-electron chi connectivity index (χ3n) is 5.12. The molecule has 0 spiro atoms. The number of rotatable bonds is 7. The number of carbonyl (C=O) groups excluding carboxylic acids is 1. The molecule has 0 fully saturated rings. The Kier molecular flexibility index (Phi) is 6.46. The van der Waals surface area contributed by atoms with Gasteiger partial charge < -0.3 is 9.73 Å². The van der Waals surface area contributed by atoms with E-state index in [1.165, 1.54) is 29.7 Å². The summed E-state index contributed by atoms with van der Waals surface area (Å²) in [6.45, 7) is 1.85. The van der Waals surface area contributed by atoms with E-state index in [9.17, 15) is 13.2 Å². The quantitative estimate of drug-likeness (QED) is 0.409. The molecule has 1 unspecified atom stereocenters. The first-order valence-electron chi connectivity index (χ1n) is 10.2. The summed E-state index contributed by atoms with van der Waals surface area (Å²) < 4.78 is 31.2. The molecule has 1 N–H and O–H groups in total. The van der Waals surface area contributed by atoms with Crippen LogP contribution in [0.3, 0.4) is 0 Å². The molecule has 0 saturated carbocycles. The highest BCUT2D eigenvalue weighted by Gasteiger charge is 2.23. The van der Waals surface area contributed by atoms with Gasteiger partial charge in [0.1, 0.15) is 4.88 Å². The number of sulfonamides is 1. The molecule has 0 saturated heterocycles. The summed E-state index contributed by atoms with van der Waals surface area (Å²) in [5, 5.41) is 3.62. The van der Waals surface area contributed by atoms with Gasteiger partial charge in [-0.25, -0.2) is 17.7 Å². The minimum absolute atomic E-state index is 0.201. The van der Waals surface area contributed by atoms with Crippen molar-refractivity contribution in [3.05, 3.63) is 83.4 Å². The Labute approximate surface area is 196 Å². The number of hydrogen-bond donors (Lipinski definition) is 1. The number of furan rings is 1. The lowest BCUT2D eigenvalue weighted by Crippen LogP contribution is -2.26. The number of aromatic nitrogens is 1. The predicted octanol–water partition coefficient (Wildman–Crippen LogP) is 4.81. The summed E-state index contributed by atoms with van der Waals surface area (Å²) in [6.07, 6.45) is 1.57. The highest BCUT2D eigenvalue weighted by Crippen LogP contribution is 2.34. The van der Waals surface area contributed by atoms with Gasteiger partial charge in [0.15, 0.2) is 10.8 Å². The fraction of sp³-hybridized carbons (Fsp3) is 0.167. The van der Waals surface area contributed by atoms with E-state index in [1.54, 1.807) is 42.7 Å². The van der Waals surface area contributed by atoms with E-state index in [0.29, 0.717) is 21.3 Å². The Hall–Kier alpha value is -3.27. The topological polar surface area (TPSA) is 92.5 Å². The maximum atomic E-state index is 13.2. The van der Waals surface area contributed by atoms with Gasteiger partial charge in [-0.3, -0.25) is 4.79 Å². The van der Waals surface area contributed by atoms with Crippen LogP contribution in [0, 0.1) is 0 Å². The number of thiazole rings is 1. The van der Waals surface area contributed by atoms with Crippen molar-refractivity contribution in [1.29, 1.82) is 0 Å². The second kappa shape index (κ2) is 9.30. The van der Waals surface area contributed by atoms with E-state index >= 15 is 0 Å². The van der Waals surface area contributed by atoms with Crippen molar-refractivity contribution in [2.75, 3.05) is 14.1 Å². The van der Waals surface area contributed by atoms with Crippen molar-refractivity contribution in [3.63, 3.8) is 0 Å². The van der Waals surface area contributed by atoms with Crippen molar-refractivity contribution >= 4 is 27.3 Å². The van der Waals surface area contributed by atoms with Gasteiger partial charge >= 0.3 is 0 Å². The Bertz CT molecular complexity index is 1340. The van der Waals surface area contributed by atoms with Crippen LogP contribution in [0.15, 0.2) is 82.3 Å². The molecule has 2 aromatic carbocycles. The molecule has 0 aliphatic heterocycles. The first-order valence-corrected chi connectivity index (χ1v) is 12.5. The number of nitrogens with zero attached hydrogens (tertiary/aromatic N) is 2. The molecule has 7 nitrogen and oxygen atoms in total. The third kappa shape index (κ3) is 4.75. The lowest BCUT2D eigenvalue weighted by atomic mass is 10.1. The lowest BCUT2D eigenvalue weighted by molar-refractivity contribution is 0.0944. The van der Waals surface area contributed by atoms with Gasteiger partial charge in [-0.1, -0.05) is 42.5 Å². The van der Waals surface area contributed by atoms with Crippen molar-refractivity contribution in [3.8, 4) is 22.0 Å². The summed E-state index contributed by atoms with van der Waals surface area (Å²) in [5.74, 6) is 0.337. The van der Waals surface area contributed by atoms with Crippen LogP contribution in [0.25, 0.3) is 22.0 Å². The second-order valence-corrected chi connectivity index (χ2v) is 10.7. The highest BCUT2D eigenvalue weighted by atomic mass is 32.2. The van der Waals surface area contributed by atoms with Crippen LogP contribution in [0.5, 0.6) is 0 Å². The molecule has 2 aromatic heterocycles. The number of nitrogens with one attached hydrogen (secondary N) is 1. The maximum absolute atomic E-state index is 13.2. The SMILES string of the molecule is CC(NC(=O)c1sc(-c2ccco2)nc1-c1ccccc1)c1ccc(S(=O)(=O)N(C)C)cc1. The van der Waals surface area contributed by atoms with Crippen LogP contribution in [-0.2, 0) is 10.0 Å². The summed E-state index contributed by atoms with van der Waals surface area (Å²) in [7, 11) is -0.533. The molecular weight excluding hydrogens is 458 g/mol. The monoisotopic (exact) mass is 481 g/mol. The molecule has 0 aliphatic rings. The average Bonchev–Trinajstić information content (AvgIpc) is 3.50. The van der Waals surface area contributed by atoms with Crippen molar-refractivity contribution in [2.24, 2.45) is 0 Å². The van der Waals surface area contributed by atoms with Crippen LogP contribution < -0.4 is 5.32 Å². The van der Waals surface area contributed by atoms with Crippen LogP contribution in [0.1, 0.15) is 28.2 Å². The molecule has 4 rings (SSSR count). The number of benzene rings is 2. The zero-order valence-electron chi connectivity index (χ0n) is 18.3. The Morgan fingerprint density at radius 3 is 2.33 bits per heavy atom. The molecule has 1 atom stereocenters. The molecule has 33 heavy (non-hydrogen) atoms. The minimum atomic E-state index is -3.51. The molecule has 9 heteroatoms. The lowest BCUT2D eigenvalue weighted by Gasteiger charge is -2.16. The van der Waals surface area contributed by atoms with E-state index in [0.717, 1.165) is 11.1 Å². The largest absolute Gasteiger partial charge is 0.462 e. The van der Waals surface area contributed by atoms with E-state index < -0.39 is 10.0 Å². The molecule has 0 bridgehead atoms. The van der Waals surface area contributed by atoms with E-state index in [4.69, 9.17) is 4.42 Å². The maximum Gasteiger partial charge on any atom is 0.264 e. The Morgan fingerprint density at radius 2 is 1.73 bits per heavy atom. The number of hydrogen-bond acceptors (Lipinski definition) is 6. The van der Waals surface area contributed by atoms with Gasteiger partial charge in [0.2, 0.25) is 10.0 Å². The second-order valence-electron chi connectivity index (χ2n) is 7.59. The van der Waals surface area contributed by atoms with E-state index in [2.05, 4.69) is 10.3 Å². The smallest absolute Gasteiger partial charge is 0.264 e. The van der Waals surface area contributed by atoms with Crippen molar-refractivity contribution in [1.82, 2.24) is 14.6 Å². The van der Waals surface area contributed by atoms with Crippen LogP contribution in [-0.4, -0.2) is 37.7 Å². The van der Waals surface area contributed by atoms with Crippen LogP contribution >= 0.6 is 11.3 Å². The van der Waals surface area contributed by atoms with Crippen LogP contribution in [0.2, 0.25) is 0 Å². The van der Waals surface area contributed by atoms with Crippen molar-refractivity contribution < 1.29 is 17.6 Å². The Morgan fingerprint density at radius 1 is 1.03 bits per heavy atom. The highest BCUT2D eigenvalue weighted by molar-refractivity contribution is 7.89. The molecular formula is C24H23N3O4S2. The van der Waals surface area contributed by atoms with Gasteiger partial charge in [0, 0.05) is 19.7 Å². The first-order chi connectivity index (χ1) is 15.8. The summed E-state index contributed by atoms with van der Waals surface area (Å²) >= 11 is 1.26. The fourth-order valence-electron chi connectivity index (χ4n) is 3.26. The van der Waals surface area contributed by atoms with E-state index in [1.807, 2.05) is 37.3 Å².